The highest BCUT2D eigenvalue weighted by atomic mass is 16.5. The van der Waals surface area contributed by atoms with E-state index in [2.05, 4.69) is 29.0 Å². The average Bonchev–Trinajstić information content (AvgIpc) is 2.73. The smallest absolute Gasteiger partial charge is 0.0991 e. The second kappa shape index (κ2) is 6.15. The third-order valence-corrected chi connectivity index (χ3v) is 4.61. The minimum absolute atomic E-state index is 0.290. The first-order valence-electron chi connectivity index (χ1n) is 7.67. The van der Waals surface area contributed by atoms with Crippen LogP contribution in [-0.2, 0) is 11.3 Å². The van der Waals surface area contributed by atoms with E-state index in [0.717, 1.165) is 45.0 Å². The van der Waals surface area contributed by atoms with E-state index in [1.54, 1.807) is 0 Å². The zero-order chi connectivity index (χ0) is 14.7. The third kappa shape index (κ3) is 3.44. The summed E-state index contributed by atoms with van der Waals surface area (Å²) in [5, 5.41) is 9.02. The molecule has 112 valence electrons. The average molecular weight is 285 g/mol. The van der Waals surface area contributed by atoms with Gasteiger partial charge in [0.1, 0.15) is 0 Å². The number of rotatable bonds is 2. The molecule has 0 N–H and O–H groups in total. The van der Waals surface area contributed by atoms with Crippen LogP contribution in [0.2, 0.25) is 0 Å². The van der Waals surface area contributed by atoms with Gasteiger partial charge in [0.25, 0.3) is 0 Å². The Kier molecular flexibility index (Phi) is 4.25. The van der Waals surface area contributed by atoms with Gasteiger partial charge in [-0.15, -0.1) is 0 Å². The van der Waals surface area contributed by atoms with Crippen molar-refractivity contribution in [1.82, 2.24) is 9.80 Å². The fraction of sp³-hybridized carbons (Fsp3) is 0.588. The van der Waals surface area contributed by atoms with Gasteiger partial charge in [0.05, 0.1) is 24.8 Å². The Bertz CT molecular complexity index is 539. The number of benzene rings is 1. The minimum Gasteiger partial charge on any atom is -0.379 e. The predicted octanol–water partition coefficient (Wildman–Crippen LogP) is 1.71. The highest BCUT2D eigenvalue weighted by Crippen LogP contribution is 2.33. The molecular formula is C17H23N3O. The SMILES string of the molecule is CN1CC[C@]2(COCCN(Cc3cccc(C#N)c3)C2)C1. The lowest BCUT2D eigenvalue weighted by Gasteiger charge is -2.31. The molecule has 4 nitrogen and oxygen atoms in total. The van der Waals surface area contributed by atoms with Crippen molar-refractivity contribution in [3.05, 3.63) is 35.4 Å². The Balaban J connectivity index is 1.70. The number of likely N-dealkylation sites (tertiary alicyclic amines) is 1. The van der Waals surface area contributed by atoms with Crippen LogP contribution in [0.15, 0.2) is 24.3 Å². The first-order chi connectivity index (χ1) is 10.2. The maximum Gasteiger partial charge on any atom is 0.0991 e. The molecule has 0 saturated carbocycles. The molecule has 0 amide bonds. The normalized spacial score (nSPS) is 27.6. The lowest BCUT2D eigenvalue weighted by Crippen LogP contribution is -2.40. The van der Waals surface area contributed by atoms with Gasteiger partial charge in [-0.3, -0.25) is 4.90 Å². The highest BCUT2D eigenvalue weighted by molar-refractivity contribution is 5.32. The molecule has 0 aliphatic carbocycles. The molecule has 3 rings (SSSR count). The van der Waals surface area contributed by atoms with E-state index in [1.807, 2.05) is 18.2 Å². The van der Waals surface area contributed by atoms with Gasteiger partial charge in [-0.25, -0.2) is 0 Å². The van der Waals surface area contributed by atoms with Crippen molar-refractivity contribution >= 4 is 0 Å². The molecule has 4 heteroatoms. The molecule has 0 radical (unpaired) electrons. The molecule has 0 aromatic heterocycles. The number of nitriles is 1. The molecule has 0 unspecified atom stereocenters. The van der Waals surface area contributed by atoms with E-state index < -0.39 is 0 Å². The quantitative estimate of drug-likeness (QED) is 0.829. The van der Waals surface area contributed by atoms with Crippen LogP contribution in [0, 0.1) is 16.7 Å². The van der Waals surface area contributed by atoms with Crippen molar-refractivity contribution < 1.29 is 4.74 Å². The maximum absolute atomic E-state index is 9.02. The van der Waals surface area contributed by atoms with Crippen molar-refractivity contribution in [1.29, 1.82) is 5.26 Å². The largest absolute Gasteiger partial charge is 0.379 e. The molecule has 2 fully saturated rings. The van der Waals surface area contributed by atoms with Crippen LogP contribution in [-0.4, -0.2) is 56.2 Å². The van der Waals surface area contributed by atoms with Crippen LogP contribution in [0.3, 0.4) is 0 Å². The Labute approximate surface area is 126 Å². The Morgan fingerprint density at radius 1 is 1.33 bits per heavy atom. The molecule has 1 spiro atoms. The second-order valence-corrected chi connectivity index (χ2v) is 6.56. The number of hydrogen-bond donors (Lipinski definition) is 0. The predicted molar refractivity (Wildman–Crippen MR) is 81.8 cm³/mol. The van der Waals surface area contributed by atoms with Gasteiger partial charge in [0.2, 0.25) is 0 Å². The van der Waals surface area contributed by atoms with Crippen LogP contribution in [0.4, 0.5) is 0 Å². The zero-order valence-corrected chi connectivity index (χ0v) is 12.7. The standard InChI is InChI=1S/C17H23N3O/c1-19-6-5-17(12-19)13-20(7-8-21-14-17)11-16-4-2-3-15(9-16)10-18/h2-4,9H,5-8,11-14H2,1H3/t17-/m0/s1. The molecule has 2 aliphatic rings. The molecule has 1 aromatic rings. The Morgan fingerprint density at radius 3 is 3.00 bits per heavy atom. The fourth-order valence-electron chi connectivity index (χ4n) is 3.62. The summed E-state index contributed by atoms with van der Waals surface area (Å²) in [7, 11) is 2.19. The summed E-state index contributed by atoms with van der Waals surface area (Å²) in [6.45, 7) is 6.96. The van der Waals surface area contributed by atoms with Crippen LogP contribution in [0.1, 0.15) is 17.5 Å². The van der Waals surface area contributed by atoms with Crippen molar-refractivity contribution in [2.45, 2.75) is 13.0 Å². The highest BCUT2D eigenvalue weighted by Gasteiger charge is 2.39. The van der Waals surface area contributed by atoms with E-state index in [-0.39, 0.29) is 5.41 Å². The summed E-state index contributed by atoms with van der Waals surface area (Å²) < 4.78 is 5.87. The molecular weight excluding hydrogens is 262 g/mol. The van der Waals surface area contributed by atoms with E-state index in [0.29, 0.717) is 0 Å². The summed E-state index contributed by atoms with van der Waals surface area (Å²) in [4.78, 5) is 4.89. The van der Waals surface area contributed by atoms with E-state index in [1.165, 1.54) is 18.5 Å². The summed E-state index contributed by atoms with van der Waals surface area (Å²) >= 11 is 0. The van der Waals surface area contributed by atoms with Crippen molar-refractivity contribution in [3.8, 4) is 6.07 Å². The molecule has 1 aromatic carbocycles. The Morgan fingerprint density at radius 2 is 2.24 bits per heavy atom. The van der Waals surface area contributed by atoms with Crippen LogP contribution in [0.5, 0.6) is 0 Å². The van der Waals surface area contributed by atoms with Crippen LogP contribution >= 0.6 is 0 Å². The molecule has 1 atom stereocenters. The number of ether oxygens (including phenoxy) is 1. The summed E-state index contributed by atoms with van der Waals surface area (Å²) in [6.07, 6.45) is 1.22. The monoisotopic (exact) mass is 285 g/mol. The van der Waals surface area contributed by atoms with E-state index in [9.17, 15) is 0 Å². The minimum atomic E-state index is 0.290. The topological polar surface area (TPSA) is 39.5 Å². The molecule has 2 aliphatic heterocycles. The second-order valence-electron chi connectivity index (χ2n) is 6.56. The summed E-state index contributed by atoms with van der Waals surface area (Å²) in [6, 6.07) is 10.2. The van der Waals surface area contributed by atoms with E-state index >= 15 is 0 Å². The van der Waals surface area contributed by atoms with Gasteiger partial charge in [0, 0.05) is 31.6 Å². The number of hydrogen-bond acceptors (Lipinski definition) is 4. The lowest BCUT2D eigenvalue weighted by atomic mass is 9.87. The molecule has 2 saturated heterocycles. The fourth-order valence-corrected chi connectivity index (χ4v) is 3.62. The third-order valence-electron chi connectivity index (χ3n) is 4.61. The van der Waals surface area contributed by atoms with Crippen molar-refractivity contribution in [3.63, 3.8) is 0 Å². The van der Waals surface area contributed by atoms with Gasteiger partial charge in [0.15, 0.2) is 0 Å². The molecule has 21 heavy (non-hydrogen) atoms. The van der Waals surface area contributed by atoms with Gasteiger partial charge >= 0.3 is 0 Å². The van der Waals surface area contributed by atoms with Gasteiger partial charge in [-0.1, -0.05) is 12.1 Å². The van der Waals surface area contributed by atoms with Gasteiger partial charge in [-0.2, -0.15) is 5.26 Å². The Hall–Kier alpha value is -1.41. The van der Waals surface area contributed by atoms with Gasteiger partial charge < -0.3 is 9.64 Å². The van der Waals surface area contributed by atoms with Gasteiger partial charge in [-0.05, 0) is 37.7 Å². The van der Waals surface area contributed by atoms with E-state index in [4.69, 9.17) is 10.00 Å². The van der Waals surface area contributed by atoms with Crippen molar-refractivity contribution in [2.24, 2.45) is 5.41 Å². The maximum atomic E-state index is 9.02. The van der Waals surface area contributed by atoms with Crippen LogP contribution < -0.4 is 0 Å². The van der Waals surface area contributed by atoms with Crippen molar-refractivity contribution in [2.75, 3.05) is 46.4 Å². The zero-order valence-electron chi connectivity index (χ0n) is 12.7. The lowest BCUT2D eigenvalue weighted by molar-refractivity contribution is 0.0730. The van der Waals surface area contributed by atoms with Crippen LogP contribution in [0.25, 0.3) is 0 Å². The summed E-state index contributed by atoms with van der Waals surface area (Å²) in [5.41, 5.74) is 2.25. The number of nitrogens with zero attached hydrogens (tertiary/aromatic N) is 3. The first kappa shape index (κ1) is 14.5. The molecule has 2 heterocycles. The molecule has 0 bridgehead atoms. The summed E-state index contributed by atoms with van der Waals surface area (Å²) in [5.74, 6) is 0. The first-order valence-corrected chi connectivity index (χ1v) is 7.67.